The molecule has 0 atom stereocenters. The second kappa shape index (κ2) is 8.36. The van der Waals surface area contributed by atoms with E-state index < -0.39 is 0 Å². The maximum atomic E-state index is 5.85. The average Bonchev–Trinajstić information content (AvgIpc) is 2.55. The summed E-state index contributed by atoms with van der Waals surface area (Å²) in [5.41, 5.74) is 4.71. The van der Waals surface area contributed by atoms with Crippen LogP contribution in [0.15, 0.2) is 53.6 Å². The molecule has 2 rings (SSSR count). The van der Waals surface area contributed by atoms with Crippen LogP contribution in [0.5, 0.6) is 5.75 Å². The lowest BCUT2D eigenvalue weighted by Crippen LogP contribution is -2.28. The van der Waals surface area contributed by atoms with Crippen LogP contribution in [-0.4, -0.2) is 18.4 Å². The van der Waals surface area contributed by atoms with Crippen molar-refractivity contribution in [3.63, 3.8) is 0 Å². The number of ether oxygens (including phenoxy) is 1. The van der Waals surface area contributed by atoms with Gasteiger partial charge in [0.1, 0.15) is 12.4 Å². The molecule has 4 nitrogen and oxygen atoms in total. The van der Waals surface area contributed by atoms with E-state index in [0.29, 0.717) is 11.7 Å². The van der Waals surface area contributed by atoms with Gasteiger partial charge in [-0.1, -0.05) is 23.7 Å². The van der Waals surface area contributed by atoms with Gasteiger partial charge in [0.25, 0.3) is 0 Å². The Morgan fingerprint density at radius 1 is 1.18 bits per heavy atom. The fourth-order valence-corrected chi connectivity index (χ4v) is 1.80. The molecule has 6 heteroatoms. The summed E-state index contributed by atoms with van der Waals surface area (Å²) in [6, 6.07) is 15.2. The highest BCUT2D eigenvalue weighted by Gasteiger charge is 1.97. The molecule has 0 aliphatic carbocycles. The van der Waals surface area contributed by atoms with Crippen molar-refractivity contribution in [1.82, 2.24) is 10.7 Å². The number of benzene rings is 2. The Kier molecular flexibility index (Phi) is 6.18. The highest BCUT2D eigenvalue weighted by Crippen LogP contribution is 2.15. The molecule has 114 valence electrons. The lowest BCUT2D eigenvalue weighted by molar-refractivity contribution is 0.306. The van der Waals surface area contributed by atoms with Gasteiger partial charge in [0.2, 0.25) is 0 Å². The molecule has 0 saturated carbocycles. The van der Waals surface area contributed by atoms with E-state index in [1.165, 1.54) is 0 Å². The highest BCUT2D eigenvalue weighted by molar-refractivity contribution is 7.80. The van der Waals surface area contributed by atoms with Crippen molar-refractivity contribution in [2.45, 2.75) is 6.61 Å². The SMILES string of the molecule is CNC(=S)N/N=C/c1ccc(OCc2ccc(Cl)cc2)cc1. The van der Waals surface area contributed by atoms with Crippen molar-refractivity contribution < 1.29 is 4.74 Å². The number of halogens is 1. The summed E-state index contributed by atoms with van der Waals surface area (Å²) in [4.78, 5) is 0. The summed E-state index contributed by atoms with van der Waals surface area (Å²) in [7, 11) is 1.73. The number of thiocarbonyl (C=S) groups is 1. The van der Waals surface area contributed by atoms with Crippen molar-refractivity contribution in [2.75, 3.05) is 7.05 Å². The van der Waals surface area contributed by atoms with E-state index in [1.54, 1.807) is 13.3 Å². The summed E-state index contributed by atoms with van der Waals surface area (Å²) >= 11 is 10.8. The number of hydrogen-bond acceptors (Lipinski definition) is 3. The monoisotopic (exact) mass is 333 g/mol. The fourth-order valence-electron chi connectivity index (χ4n) is 1.62. The molecule has 0 fully saturated rings. The van der Waals surface area contributed by atoms with Crippen molar-refractivity contribution >= 4 is 35.1 Å². The largest absolute Gasteiger partial charge is 0.489 e. The van der Waals surface area contributed by atoms with Crippen LogP contribution in [0.2, 0.25) is 5.02 Å². The summed E-state index contributed by atoms with van der Waals surface area (Å²) in [5.74, 6) is 0.797. The molecule has 0 spiro atoms. The Morgan fingerprint density at radius 2 is 1.86 bits per heavy atom. The molecule has 0 unspecified atom stereocenters. The van der Waals surface area contributed by atoms with Crippen molar-refractivity contribution in [2.24, 2.45) is 5.10 Å². The average molecular weight is 334 g/mol. The van der Waals surface area contributed by atoms with E-state index in [4.69, 9.17) is 28.6 Å². The highest BCUT2D eigenvalue weighted by atomic mass is 35.5. The van der Waals surface area contributed by atoms with Crippen LogP contribution >= 0.6 is 23.8 Å². The Bertz CT molecular complexity index is 641. The van der Waals surface area contributed by atoms with Gasteiger partial charge >= 0.3 is 0 Å². The standard InChI is InChI=1S/C16H16ClN3OS/c1-18-16(22)20-19-10-12-4-8-15(9-5-12)21-11-13-2-6-14(17)7-3-13/h2-10H,11H2,1H3,(H2,18,20,22)/b19-10+. The predicted molar refractivity (Wildman–Crippen MR) is 94.6 cm³/mol. The Labute approximate surface area is 140 Å². The molecule has 0 aliphatic rings. The van der Waals surface area contributed by atoms with Crippen LogP contribution < -0.4 is 15.5 Å². The summed E-state index contributed by atoms with van der Waals surface area (Å²) in [6.45, 7) is 0.503. The van der Waals surface area contributed by atoms with E-state index in [0.717, 1.165) is 21.9 Å². The zero-order valence-corrected chi connectivity index (χ0v) is 13.6. The molecule has 0 amide bonds. The first-order chi connectivity index (χ1) is 10.7. The molecule has 0 aromatic heterocycles. The maximum Gasteiger partial charge on any atom is 0.186 e. The second-order valence-electron chi connectivity index (χ2n) is 4.43. The smallest absolute Gasteiger partial charge is 0.186 e. The van der Waals surface area contributed by atoms with Crippen molar-refractivity contribution in [3.05, 3.63) is 64.7 Å². The quantitative estimate of drug-likeness (QED) is 0.500. The van der Waals surface area contributed by atoms with Crippen molar-refractivity contribution in [3.8, 4) is 5.75 Å². The van der Waals surface area contributed by atoms with Gasteiger partial charge in [-0.25, -0.2) is 0 Å². The van der Waals surface area contributed by atoms with E-state index in [9.17, 15) is 0 Å². The topological polar surface area (TPSA) is 45.7 Å². The molecule has 2 N–H and O–H groups in total. The summed E-state index contributed by atoms with van der Waals surface area (Å²) in [6.07, 6.45) is 1.69. The predicted octanol–water partition coefficient (Wildman–Crippen LogP) is 3.35. The third-order valence-electron chi connectivity index (χ3n) is 2.81. The minimum atomic E-state index is 0.471. The molecule has 0 bridgehead atoms. The third-order valence-corrected chi connectivity index (χ3v) is 3.35. The minimum absolute atomic E-state index is 0.471. The first-order valence-electron chi connectivity index (χ1n) is 6.65. The first-order valence-corrected chi connectivity index (χ1v) is 7.44. The lowest BCUT2D eigenvalue weighted by atomic mass is 10.2. The zero-order valence-electron chi connectivity index (χ0n) is 12.0. The van der Waals surface area contributed by atoms with Crippen LogP contribution in [0.25, 0.3) is 0 Å². The van der Waals surface area contributed by atoms with Gasteiger partial charge in [-0.3, -0.25) is 5.43 Å². The Morgan fingerprint density at radius 3 is 2.50 bits per heavy atom. The number of nitrogens with zero attached hydrogens (tertiary/aromatic N) is 1. The summed E-state index contributed by atoms with van der Waals surface area (Å²) < 4.78 is 5.71. The van der Waals surface area contributed by atoms with Crippen LogP contribution in [0, 0.1) is 0 Å². The van der Waals surface area contributed by atoms with E-state index in [2.05, 4.69) is 15.8 Å². The van der Waals surface area contributed by atoms with E-state index >= 15 is 0 Å². The normalized spacial score (nSPS) is 10.5. The fraction of sp³-hybridized carbons (Fsp3) is 0.125. The summed E-state index contributed by atoms with van der Waals surface area (Å²) in [5, 5.41) is 7.98. The molecule has 0 saturated heterocycles. The maximum absolute atomic E-state index is 5.85. The molecule has 0 heterocycles. The Balaban J connectivity index is 1.86. The van der Waals surface area contributed by atoms with Gasteiger partial charge in [-0.05, 0) is 59.7 Å². The zero-order chi connectivity index (χ0) is 15.8. The first kappa shape index (κ1) is 16.3. The van der Waals surface area contributed by atoms with E-state index in [1.807, 2.05) is 48.5 Å². The van der Waals surface area contributed by atoms with Crippen LogP contribution in [0.3, 0.4) is 0 Å². The molecule has 0 aliphatic heterocycles. The van der Waals surface area contributed by atoms with Gasteiger partial charge in [0, 0.05) is 12.1 Å². The second-order valence-corrected chi connectivity index (χ2v) is 5.28. The lowest BCUT2D eigenvalue weighted by Gasteiger charge is -2.06. The number of hydrogen-bond donors (Lipinski definition) is 2. The molecular weight excluding hydrogens is 318 g/mol. The van der Waals surface area contributed by atoms with Gasteiger partial charge in [0.15, 0.2) is 5.11 Å². The Hall–Kier alpha value is -2.11. The molecule has 2 aromatic carbocycles. The molecule has 0 radical (unpaired) electrons. The number of nitrogens with one attached hydrogen (secondary N) is 2. The minimum Gasteiger partial charge on any atom is -0.489 e. The van der Waals surface area contributed by atoms with Crippen molar-refractivity contribution in [1.29, 1.82) is 0 Å². The van der Waals surface area contributed by atoms with Gasteiger partial charge in [-0.2, -0.15) is 5.10 Å². The molecular formula is C16H16ClN3OS. The number of rotatable bonds is 5. The van der Waals surface area contributed by atoms with E-state index in [-0.39, 0.29) is 0 Å². The van der Waals surface area contributed by atoms with Gasteiger partial charge in [0.05, 0.1) is 6.21 Å². The van der Waals surface area contributed by atoms with Gasteiger partial charge < -0.3 is 10.1 Å². The third kappa shape index (κ3) is 5.35. The van der Waals surface area contributed by atoms with Crippen LogP contribution in [0.4, 0.5) is 0 Å². The van der Waals surface area contributed by atoms with Gasteiger partial charge in [-0.15, -0.1) is 0 Å². The molecule has 2 aromatic rings. The van der Waals surface area contributed by atoms with Crippen LogP contribution in [0.1, 0.15) is 11.1 Å². The molecule has 22 heavy (non-hydrogen) atoms. The van der Waals surface area contributed by atoms with Crippen LogP contribution in [-0.2, 0) is 6.61 Å². The number of hydrazone groups is 1.